The number of hydrogen-bond acceptors (Lipinski definition) is 4. The van der Waals surface area contributed by atoms with E-state index in [1.165, 1.54) is 12.1 Å². The van der Waals surface area contributed by atoms with Gasteiger partial charge in [0, 0.05) is 5.39 Å². The van der Waals surface area contributed by atoms with E-state index < -0.39 is 28.3 Å². The second-order valence-corrected chi connectivity index (χ2v) is 7.14. The standard InChI is InChI=1S/C18H21FO4/c1-17(2,3)16(22)23-18(4,5)11-6-7-12-10(8-11)9-13(20)15(21)14(12)19/h6-9,20-21H,1-5H3. The molecule has 2 N–H and O–H groups in total. The fraction of sp³-hybridized carbons (Fsp3) is 0.389. The Balaban J connectivity index is 2.48. The summed E-state index contributed by atoms with van der Waals surface area (Å²) in [5, 5.41) is 19.6. The summed E-state index contributed by atoms with van der Waals surface area (Å²) in [4.78, 5) is 12.1. The van der Waals surface area contributed by atoms with E-state index >= 15 is 0 Å². The number of halogens is 1. The molecule has 4 nitrogen and oxygen atoms in total. The van der Waals surface area contributed by atoms with Crippen molar-refractivity contribution in [1.29, 1.82) is 0 Å². The topological polar surface area (TPSA) is 66.8 Å². The van der Waals surface area contributed by atoms with Gasteiger partial charge in [-0.25, -0.2) is 4.39 Å². The van der Waals surface area contributed by atoms with Crippen LogP contribution >= 0.6 is 0 Å². The zero-order valence-electron chi connectivity index (χ0n) is 13.9. The number of carbonyl (C=O) groups excluding carboxylic acids is 1. The van der Waals surface area contributed by atoms with Crippen LogP contribution in [0, 0.1) is 11.2 Å². The Kier molecular flexibility index (Phi) is 4.01. The van der Waals surface area contributed by atoms with Gasteiger partial charge in [0.25, 0.3) is 0 Å². The van der Waals surface area contributed by atoms with E-state index in [1.54, 1.807) is 46.8 Å². The highest BCUT2D eigenvalue weighted by Crippen LogP contribution is 2.37. The van der Waals surface area contributed by atoms with Crippen molar-refractivity contribution >= 4 is 16.7 Å². The van der Waals surface area contributed by atoms with E-state index in [9.17, 15) is 19.4 Å². The second-order valence-electron chi connectivity index (χ2n) is 7.14. The number of esters is 1. The molecular weight excluding hydrogens is 299 g/mol. The van der Waals surface area contributed by atoms with Crippen molar-refractivity contribution in [3.63, 3.8) is 0 Å². The SMILES string of the molecule is CC(C)(C)C(=O)OC(C)(C)c1ccc2c(F)c(O)c(O)cc2c1. The third-order valence-corrected chi connectivity index (χ3v) is 3.69. The molecule has 23 heavy (non-hydrogen) atoms. The molecule has 0 atom stereocenters. The number of ether oxygens (including phenoxy) is 1. The molecule has 0 aromatic heterocycles. The summed E-state index contributed by atoms with van der Waals surface area (Å²) in [6.07, 6.45) is 0. The lowest BCUT2D eigenvalue weighted by molar-refractivity contribution is -0.167. The maximum atomic E-state index is 14.0. The first-order valence-electron chi connectivity index (χ1n) is 7.31. The summed E-state index contributed by atoms with van der Waals surface area (Å²) in [5.74, 6) is -2.53. The second kappa shape index (κ2) is 5.41. The molecule has 0 bridgehead atoms. The van der Waals surface area contributed by atoms with Crippen LogP contribution in [0.2, 0.25) is 0 Å². The minimum atomic E-state index is -0.914. The lowest BCUT2D eigenvalue weighted by atomic mass is 9.93. The highest BCUT2D eigenvalue weighted by molar-refractivity contribution is 5.87. The number of phenols is 2. The molecule has 5 heteroatoms. The molecule has 0 aliphatic carbocycles. The zero-order valence-corrected chi connectivity index (χ0v) is 13.9. The van der Waals surface area contributed by atoms with Gasteiger partial charge in [-0.15, -0.1) is 0 Å². The molecule has 0 aliphatic heterocycles. The summed E-state index contributed by atoms with van der Waals surface area (Å²) in [6, 6.07) is 6.04. The number of benzene rings is 2. The number of carbonyl (C=O) groups is 1. The van der Waals surface area contributed by atoms with Gasteiger partial charge in [0.2, 0.25) is 0 Å². The molecule has 0 spiro atoms. The predicted octanol–water partition coefficient (Wildman–Crippen LogP) is 4.21. The quantitative estimate of drug-likeness (QED) is 0.642. The molecule has 0 heterocycles. The molecular formula is C18H21FO4. The first-order chi connectivity index (χ1) is 10.4. The van der Waals surface area contributed by atoms with Gasteiger partial charge in [-0.05, 0) is 57.7 Å². The van der Waals surface area contributed by atoms with Gasteiger partial charge >= 0.3 is 5.97 Å². The van der Waals surface area contributed by atoms with Gasteiger partial charge in [-0.1, -0.05) is 12.1 Å². The van der Waals surface area contributed by atoms with Gasteiger partial charge in [-0.3, -0.25) is 4.79 Å². The Bertz CT molecular complexity index is 773. The van der Waals surface area contributed by atoms with Crippen LogP contribution in [0.1, 0.15) is 40.2 Å². The van der Waals surface area contributed by atoms with Crippen LogP contribution in [0.5, 0.6) is 11.5 Å². The minimum Gasteiger partial charge on any atom is -0.504 e. The number of hydrogen-bond donors (Lipinski definition) is 2. The summed E-state index contributed by atoms with van der Waals surface area (Å²) in [5.41, 5.74) is -0.889. The lowest BCUT2D eigenvalue weighted by Crippen LogP contribution is -2.32. The van der Waals surface area contributed by atoms with Crippen LogP contribution in [-0.2, 0) is 15.1 Å². The molecule has 0 radical (unpaired) electrons. The average molecular weight is 320 g/mol. The first kappa shape index (κ1) is 17.1. The molecule has 2 aromatic carbocycles. The normalized spacial score (nSPS) is 12.4. The summed E-state index contributed by atoms with van der Waals surface area (Å²) >= 11 is 0. The van der Waals surface area contributed by atoms with Crippen molar-refractivity contribution in [1.82, 2.24) is 0 Å². The van der Waals surface area contributed by atoms with E-state index in [4.69, 9.17) is 4.74 Å². The smallest absolute Gasteiger partial charge is 0.312 e. The van der Waals surface area contributed by atoms with Crippen molar-refractivity contribution in [2.45, 2.75) is 40.2 Å². The van der Waals surface area contributed by atoms with Crippen molar-refractivity contribution < 1.29 is 24.1 Å². The fourth-order valence-corrected chi connectivity index (χ4v) is 2.16. The van der Waals surface area contributed by atoms with E-state index in [0.717, 1.165) is 0 Å². The van der Waals surface area contributed by atoms with Crippen LogP contribution in [-0.4, -0.2) is 16.2 Å². The molecule has 2 rings (SSSR count). The highest BCUT2D eigenvalue weighted by Gasteiger charge is 2.32. The monoisotopic (exact) mass is 320 g/mol. The third-order valence-electron chi connectivity index (χ3n) is 3.69. The Morgan fingerprint density at radius 2 is 1.70 bits per heavy atom. The molecule has 0 saturated carbocycles. The van der Waals surface area contributed by atoms with Gasteiger partial charge in [0.1, 0.15) is 5.60 Å². The molecule has 124 valence electrons. The molecule has 0 saturated heterocycles. The summed E-state index contributed by atoms with van der Waals surface area (Å²) in [6.45, 7) is 8.79. The summed E-state index contributed by atoms with van der Waals surface area (Å²) < 4.78 is 19.5. The van der Waals surface area contributed by atoms with Crippen LogP contribution < -0.4 is 0 Å². The van der Waals surface area contributed by atoms with Crippen LogP contribution in [0.25, 0.3) is 10.8 Å². The van der Waals surface area contributed by atoms with Crippen LogP contribution in [0.4, 0.5) is 4.39 Å². The summed E-state index contributed by atoms with van der Waals surface area (Å²) in [7, 11) is 0. The van der Waals surface area contributed by atoms with E-state index in [1.807, 2.05) is 0 Å². The Labute approximate surface area is 134 Å². The van der Waals surface area contributed by atoms with E-state index in [2.05, 4.69) is 0 Å². The van der Waals surface area contributed by atoms with E-state index in [0.29, 0.717) is 10.9 Å². The largest absolute Gasteiger partial charge is 0.504 e. The minimum absolute atomic E-state index is 0.182. The van der Waals surface area contributed by atoms with Crippen molar-refractivity contribution in [3.8, 4) is 11.5 Å². The van der Waals surface area contributed by atoms with Crippen LogP contribution in [0.3, 0.4) is 0 Å². The van der Waals surface area contributed by atoms with E-state index in [-0.39, 0.29) is 11.4 Å². The molecule has 0 aliphatic rings. The number of aromatic hydroxyl groups is 2. The Hall–Kier alpha value is -2.30. The Morgan fingerprint density at radius 1 is 1.09 bits per heavy atom. The van der Waals surface area contributed by atoms with Crippen molar-refractivity contribution in [2.24, 2.45) is 5.41 Å². The molecule has 0 fully saturated rings. The Morgan fingerprint density at radius 3 is 2.26 bits per heavy atom. The van der Waals surface area contributed by atoms with Crippen molar-refractivity contribution in [3.05, 3.63) is 35.6 Å². The molecule has 2 aromatic rings. The fourth-order valence-electron chi connectivity index (χ4n) is 2.16. The highest BCUT2D eigenvalue weighted by atomic mass is 19.1. The van der Waals surface area contributed by atoms with Crippen molar-refractivity contribution in [2.75, 3.05) is 0 Å². The first-order valence-corrected chi connectivity index (χ1v) is 7.31. The number of rotatable bonds is 2. The zero-order chi connectivity index (χ0) is 17.6. The van der Waals surface area contributed by atoms with Crippen LogP contribution in [0.15, 0.2) is 24.3 Å². The predicted molar refractivity (Wildman–Crippen MR) is 85.8 cm³/mol. The molecule has 0 amide bonds. The average Bonchev–Trinajstić information content (AvgIpc) is 2.43. The van der Waals surface area contributed by atoms with Gasteiger partial charge in [-0.2, -0.15) is 0 Å². The van der Waals surface area contributed by atoms with Gasteiger partial charge in [0.05, 0.1) is 5.41 Å². The maximum absolute atomic E-state index is 14.0. The lowest BCUT2D eigenvalue weighted by Gasteiger charge is -2.29. The van der Waals surface area contributed by atoms with Gasteiger partial charge in [0.15, 0.2) is 17.3 Å². The third kappa shape index (κ3) is 3.23. The number of fused-ring (bicyclic) bond motifs is 1. The van der Waals surface area contributed by atoms with Gasteiger partial charge < -0.3 is 14.9 Å². The molecule has 0 unspecified atom stereocenters. The maximum Gasteiger partial charge on any atom is 0.312 e. The number of phenolic OH excluding ortho intramolecular Hbond substituents is 2.